The van der Waals surface area contributed by atoms with Gasteiger partial charge in [-0.2, -0.15) is 0 Å². The Balaban J connectivity index is 1.65. The highest BCUT2D eigenvalue weighted by Gasteiger charge is 2.37. The minimum absolute atomic E-state index is 0.128. The second-order valence-corrected chi connectivity index (χ2v) is 6.78. The van der Waals surface area contributed by atoms with Gasteiger partial charge in [-0.25, -0.2) is 8.78 Å². The third kappa shape index (κ3) is 2.78. The zero-order valence-corrected chi connectivity index (χ0v) is 12.3. The molecule has 0 atom stereocenters. The van der Waals surface area contributed by atoms with Crippen molar-refractivity contribution in [2.45, 2.75) is 57.4 Å². The molecule has 3 rings (SSSR count). The van der Waals surface area contributed by atoms with Gasteiger partial charge in [-0.05, 0) is 50.0 Å². The zero-order valence-electron chi connectivity index (χ0n) is 11.5. The van der Waals surface area contributed by atoms with Gasteiger partial charge in [0.25, 0.3) is 0 Å². The molecule has 2 saturated carbocycles. The summed E-state index contributed by atoms with van der Waals surface area (Å²) >= 11 is 5.93. The fraction of sp³-hybridized carbons (Fsp3) is 0.625. The Hall–Kier alpha value is -0.830. The molecule has 110 valence electrons. The molecule has 0 bridgehead atoms. The van der Waals surface area contributed by atoms with Crippen LogP contribution in [0.15, 0.2) is 12.1 Å². The lowest BCUT2D eigenvalue weighted by Gasteiger charge is -2.38. The van der Waals surface area contributed by atoms with Crippen molar-refractivity contribution in [2.75, 3.05) is 5.32 Å². The second-order valence-electron chi connectivity index (χ2n) is 6.37. The molecule has 1 spiro atoms. The lowest BCUT2D eigenvalue weighted by atomic mass is 9.71. The van der Waals surface area contributed by atoms with E-state index in [1.807, 2.05) is 0 Å². The fourth-order valence-electron chi connectivity index (χ4n) is 3.88. The number of hydrogen-bond acceptors (Lipinski definition) is 1. The predicted octanol–water partition coefficient (Wildman–Crippen LogP) is 5.53. The number of nitrogens with one attached hydrogen (secondary N) is 1. The number of anilines is 1. The molecule has 0 aromatic heterocycles. The molecular weight excluding hydrogens is 280 g/mol. The molecule has 4 heteroatoms. The van der Waals surface area contributed by atoms with Crippen LogP contribution in [0.1, 0.15) is 51.4 Å². The Morgan fingerprint density at radius 2 is 1.70 bits per heavy atom. The number of benzene rings is 1. The quantitative estimate of drug-likeness (QED) is 0.756. The normalized spacial score (nSPS) is 22.4. The summed E-state index contributed by atoms with van der Waals surface area (Å²) in [7, 11) is 0. The van der Waals surface area contributed by atoms with Crippen LogP contribution >= 0.6 is 11.6 Å². The van der Waals surface area contributed by atoms with Gasteiger partial charge in [0.05, 0.1) is 10.7 Å². The van der Waals surface area contributed by atoms with Crippen LogP contribution in [0.3, 0.4) is 0 Å². The van der Waals surface area contributed by atoms with E-state index in [0.717, 1.165) is 25.0 Å². The van der Waals surface area contributed by atoms with Crippen LogP contribution in [0.4, 0.5) is 14.5 Å². The van der Waals surface area contributed by atoms with Gasteiger partial charge >= 0.3 is 0 Å². The van der Waals surface area contributed by atoms with Crippen LogP contribution in [-0.2, 0) is 0 Å². The van der Waals surface area contributed by atoms with Gasteiger partial charge in [0.2, 0.25) is 0 Å². The van der Waals surface area contributed by atoms with Crippen LogP contribution in [0.25, 0.3) is 0 Å². The van der Waals surface area contributed by atoms with E-state index in [9.17, 15) is 8.78 Å². The maximum atomic E-state index is 13.8. The van der Waals surface area contributed by atoms with Crippen molar-refractivity contribution in [1.29, 1.82) is 0 Å². The standard InChI is InChI=1S/C16H20ClF2N/c17-13-9-11(18)10-14(19)15(13)20-12-3-7-16(8-4-12)5-1-2-6-16/h9-10,12,20H,1-8H2. The largest absolute Gasteiger partial charge is 0.379 e. The first-order valence-electron chi connectivity index (χ1n) is 7.49. The van der Waals surface area contributed by atoms with Crippen molar-refractivity contribution >= 4 is 17.3 Å². The summed E-state index contributed by atoms with van der Waals surface area (Å²) in [6.45, 7) is 0. The molecule has 0 unspecified atom stereocenters. The summed E-state index contributed by atoms with van der Waals surface area (Å²) in [6, 6.07) is 2.29. The van der Waals surface area contributed by atoms with Gasteiger partial charge in [0.1, 0.15) is 5.82 Å². The van der Waals surface area contributed by atoms with E-state index in [1.165, 1.54) is 38.5 Å². The van der Waals surface area contributed by atoms with Gasteiger partial charge in [-0.3, -0.25) is 0 Å². The SMILES string of the molecule is Fc1cc(F)c(NC2CCC3(CCCC3)CC2)c(Cl)c1. The summed E-state index contributed by atoms with van der Waals surface area (Å²) in [5.41, 5.74) is 0.809. The van der Waals surface area contributed by atoms with Crippen LogP contribution in [0.2, 0.25) is 5.02 Å². The van der Waals surface area contributed by atoms with Gasteiger partial charge in [-0.1, -0.05) is 24.4 Å². The number of halogens is 3. The lowest BCUT2D eigenvalue weighted by Crippen LogP contribution is -2.32. The highest BCUT2D eigenvalue weighted by Crippen LogP contribution is 2.49. The van der Waals surface area contributed by atoms with Gasteiger partial charge in [0.15, 0.2) is 5.82 Å². The highest BCUT2D eigenvalue weighted by molar-refractivity contribution is 6.33. The monoisotopic (exact) mass is 299 g/mol. The molecule has 0 amide bonds. The van der Waals surface area contributed by atoms with Crippen LogP contribution in [-0.4, -0.2) is 6.04 Å². The van der Waals surface area contributed by atoms with E-state index in [1.54, 1.807) is 0 Å². The van der Waals surface area contributed by atoms with Crippen LogP contribution in [0, 0.1) is 17.0 Å². The first-order chi connectivity index (χ1) is 9.58. The molecule has 2 fully saturated rings. The molecule has 1 nitrogen and oxygen atoms in total. The van der Waals surface area contributed by atoms with Crippen molar-refractivity contribution in [3.05, 3.63) is 28.8 Å². The van der Waals surface area contributed by atoms with Crippen LogP contribution < -0.4 is 5.32 Å². The average Bonchev–Trinajstić information content (AvgIpc) is 2.85. The lowest BCUT2D eigenvalue weighted by molar-refractivity contribution is 0.188. The van der Waals surface area contributed by atoms with Crippen molar-refractivity contribution in [1.82, 2.24) is 0 Å². The third-order valence-electron chi connectivity index (χ3n) is 5.07. The summed E-state index contributed by atoms with van der Waals surface area (Å²) in [6.07, 6.45) is 9.94. The van der Waals surface area contributed by atoms with E-state index in [0.29, 0.717) is 5.41 Å². The Morgan fingerprint density at radius 1 is 1.05 bits per heavy atom. The van der Waals surface area contributed by atoms with E-state index >= 15 is 0 Å². The molecule has 20 heavy (non-hydrogen) atoms. The van der Waals surface area contributed by atoms with Crippen molar-refractivity contribution in [2.24, 2.45) is 5.41 Å². The van der Waals surface area contributed by atoms with Crippen LogP contribution in [0.5, 0.6) is 0 Å². The molecule has 0 aliphatic heterocycles. The Labute approximate surface area is 123 Å². The average molecular weight is 300 g/mol. The second kappa shape index (κ2) is 5.51. The summed E-state index contributed by atoms with van der Waals surface area (Å²) in [5.74, 6) is -1.23. The first kappa shape index (κ1) is 14.1. The molecule has 1 N–H and O–H groups in total. The first-order valence-corrected chi connectivity index (χ1v) is 7.87. The Bertz CT molecular complexity index is 464. The molecule has 1 aromatic rings. The molecule has 0 saturated heterocycles. The van der Waals surface area contributed by atoms with Crippen molar-refractivity contribution in [3.8, 4) is 0 Å². The van der Waals surface area contributed by atoms with Gasteiger partial charge in [0, 0.05) is 12.1 Å². The molecule has 2 aliphatic carbocycles. The molecular formula is C16H20ClF2N. The number of rotatable bonds is 2. The smallest absolute Gasteiger partial charge is 0.150 e. The highest BCUT2D eigenvalue weighted by atomic mass is 35.5. The topological polar surface area (TPSA) is 12.0 Å². The molecule has 0 radical (unpaired) electrons. The number of hydrogen-bond donors (Lipinski definition) is 1. The van der Waals surface area contributed by atoms with Gasteiger partial charge < -0.3 is 5.32 Å². The van der Waals surface area contributed by atoms with Crippen molar-refractivity contribution in [3.63, 3.8) is 0 Å². The van der Waals surface area contributed by atoms with E-state index in [-0.39, 0.29) is 16.8 Å². The van der Waals surface area contributed by atoms with E-state index in [2.05, 4.69) is 5.32 Å². The van der Waals surface area contributed by atoms with E-state index < -0.39 is 11.6 Å². The summed E-state index contributed by atoms with van der Waals surface area (Å²) in [4.78, 5) is 0. The zero-order chi connectivity index (χ0) is 14.2. The van der Waals surface area contributed by atoms with Crippen molar-refractivity contribution < 1.29 is 8.78 Å². The minimum atomic E-state index is -0.633. The van der Waals surface area contributed by atoms with Gasteiger partial charge in [-0.15, -0.1) is 0 Å². The predicted molar refractivity (Wildman–Crippen MR) is 78.1 cm³/mol. The maximum absolute atomic E-state index is 13.8. The summed E-state index contributed by atoms with van der Waals surface area (Å²) in [5, 5.41) is 3.31. The maximum Gasteiger partial charge on any atom is 0.150 e. The summed E-state index contributed by atoms with van der Waals surface area (Å²) < 4.78 is 26.8. The minimum Gasteiger partial charge on any atom is -0.379 e. The molecule has 1 aromatic carbocycles. The van der Waals surface area contributed by atoms with E-state index in [4.69, 9.17) is 11.6 Å². The third-order valence-corrected chi connectivity index (χ3v) is 5.36. The molecule has 2 aliphatic rings. The Morgan fingerprint density at radius 3 is 2.30 bits per heavy atom. The Kier molecular flexibility index (Phi) is 3.89. The fourth-order valence-corrected chi connectivity index (χ4v) is 4.13. The molecule has 0 heterocycles.